The van der Waals surface area contributed by atoms with Crippen molar-refractivity contribution in [1.82, 2.24) is 121 Å². The number of hydrogen-bond acceptors (Lipinski definition) is 31. The summed E-state index contributed by atoms with van der Waals surface area (Å²) in [5.41, 5.74) is 17.8. The number of aliphatic carboxylic acids is 2. The molecule has 0 saturated carbocycles. The molecule has 3 rings (SSSR count). The number of aromatic amines is 1. The number of guanidine groups is 2. The molecule has 0 radical (unpaired) electrons. The average Bonchev–Trinajstić information content (AvgIpc) is 1.70. The molecule has 1 aromatic carbocycles. The summed E-state index contributed by atoms with van der Waals surface area (Å²) in [5, 5.41) is 132. The molecule has 0 aliphatic carbocycles. The number of nitrogens with zero attached hydrogens (tertiary/aromatic N) is 2. The van der Waals surface area contributed by atoms with Crippen LogP contribution in [0, 0.1) is 22.7 Å². The van der Waals surface area contributed by atoms with Gasteiger partial charge in [-0.2, -0.15) is 11.8 Å². The van der Waals surface area contributed by atoms with Crippen molar-refractivity contribution in [3.05, 3.63) is 54.1 Å². The number of imidazole rings is 1. The summed E-state index contributed by atoms with van der Waals surface area (Å²) >= 11 is 1.35. The Kier molecular flexibility index (Phi) is 53.8. The lowest BCUT2D eigenvalue weighted by Gasteiger charge is -2.30. The maximum absolute atomic E-state index is 14.4. The number of aliphatic hydroxyl groups is 5. The first-order chi connectivity index (χ1) is 66.1. The second kappa shape index (κ2) is 62.7. The van der Waals surface area contributed by atoms with Crippen molar-refractivity contribution in [2.24, 2.45) is 29.0 Å². The van der Waals surface area contributed by atoms with Crippen LogP contribution in [0.4, 0.5) is 0 Å². The minimum Gasteiger partial charge on any atom is -0.481 e. The quantitative estimate of drug-likeness (QED) is 0.0166. The summed E-state index contributed by atoms with van der Waals surface area (Å²) in [4.78, 5) is 290. The third kappa shape index (κ3) is 43.7. The number of nitrogens with two attached hydrogens (primary N) is 3. The van der Waals surface area contributed by atoms with Crippen LogP contribution in [0.5, 0.6) is 0 Å². The van der Waals surface area contributed by atoms with Gasteiger partial charge in [0.15, 0.2) is 11.9 Å². The van der Waals surface area contributed by atoms with E-state index in [-0.39, 0.29) is 89.5 Å². The van der Waals surface area contributed by atoms with E-state index in [9.17, 15) is 136 Å². The molecule has 140 heavy (non-hydrogen) atoms. The van der Waals surface area contributed by atoms with E-state index in [0.717, 1.165) is 4.90 Å². The number of H-pyrrole nitrogens is 1. The Morgan fingerprint density at radius 2 is 0.864 bits per heavy atom. The van der Waals surface area contributed by atoms with Gasteiger partial charge in [0, 0.05) is 38.7 Å². The average molecular weight is 2000 g/mol. The van der Waals surface area contributed by atoms with Crippen molar-refractivity contribution in [1.29, 1.82) is 10.8 Å². The van der Waals surface area contributed by atoms with Gasteiger partial charge in [-0.25, -0.2) is 9.78 Å². The highest BCUT2D eigenvalue weighted by atomic mass is 32.2. The van der Waals surface area contributed by atoms with Crippen LogP contribution in [0.3, 0.4) is 0 Å². The van der Waals surface area contributed by atoms with E-state index in [4.69, 9.17) is 28.0 Å². The van der Waals surface area contributed by atoms with Gasteiger partial charge >= 0.3 is 11.9 Å². The molecule has 780 valence electrons. The first-order valence-electron chi connectivity index (χ1n) is 44.7. The monoisotopic (exact) mass is 2000 g/mol. The Morgan fingerprint density at radius 1 is 0.450 bits per heavy atom. The van der Waals surface area contributed by atoms with E-state index < -0.39 is 316 Å². The molecule has 1 aliphatic rings. The number of aromatic nitrogens is 2. The number of thioether (sulfide) groups is 1. The van der Waals surface area contributed by atoms with Crippen LogP contribution < -0.4 is 124 Å². The molecule has 0 unspecified atom stereocenters. The van der Waals surface area contributed by atoms with Crippen molar-refractivity contribution in [3.8, 4) is 0 Å². The Labute approximate surface area is 808 Å². The SMILES string of the molecule is CSCC[C@H](NC(=O)[C@H](C)NC(=O)CNC(=O)[C@H](Cc1c[nH]cn1)NC(=O)[C@H](CCCNC(=N)N)NC(=O)[C@@H](NC(=O)[C@H](CCC(=O)O)NC(=O)CNC(=O)[C@H](CC(C)C)NC(=O)[C@H](CO)NC(=O)[C@H](CO)NC(=O)CNC(=O)[C@H](C)NC(=O)[C@@H]1CCCN1C(=O)[C@H](CCCNC(=N)N)NC(=O)[C@H](C)NC(=O)[C@H](CO)NC(=O)[C@H](CO)NC(=O)[C@H](CO)NC(=O)[C@@H](N)Cc1ccccc1)C(C)C)C(=O)O. The summed E-state index contributed by atoms with van der Waals surface area (Å²) in [7, 11) is 0. The molecule has 0 spiro atoms. The Balaban J connectivity index is 1.66. The smallest absolute Gasteiger partial charge is 0.326 e. The number of nitrogens with one attached hydrogen (secondary N) is 23. The van der Waals surface area contributed by atoms with Gasteiger partial charge in [-0.1, -0.05) is 58.0 Å². The minimum atomic E-state index is -1.91. The van der Waals surface area contributed by atoms with E-state index >= 15 is 0 Å². The summed E-state index contributed by atoms with van der Waals surface area (Å²) < 4.78 is 0. The third-order valence-corrected chi connectivity index (χ3v) is 21.7. The summed E-state index contributed by atoms with van der Waals surface area (Å²) in [5.74, 6) is -24.2. The van der Waals surface area contributed by atoms with Crippen LogP contribution in [0.25, 0.3) is 0 Å². The first kappa shape index (κ1) is 120. The number of aliphatic hydroxyl groups excluding tert-OH is 5. The number of hydrogen-bond donors (Lipinski definition) is 33. The fourth-order valence-electron chi connectivity index (χ4n) is 13.4. The lowest BCUT2D eigenvalue weighted by atomic mass is 10.0. The van der Waals surface area contributed by atoms with E-state index in [1.807, 2.05) is 0 Å². The van der Waals surface area contributed by atoms with Crippen LogP contribution in [0.2, 0.25) is 0 Å². The molecule has 56 nitrogen and oxygen atoms in total. The second-order valence-electron chi connectivity index (χ2n) is 33.2. The molecule has 17 atom stereocenters. The van der Waals surface area contributed by atoms with Crippen molar-refractivity contribution in [2.45, 2.75) is 228 Å². The number of carbonyl (C=O) groups excluding carboxylic acids is 19. The molecule has 1 saturated heterocycles. The Hall–Kier alpha value is -14.0. The number of carboxylic acids is 2. The van der Waals surface area contributed by atoms with Gasteiger partial charge in [-0.15, -0.1) is 0 Å². The molecular formula is C83H134N28O28S. The predicted octanol–water partition coefficient (Wildman–Crippen LogP) is -13.9. The summed E-state index contributed by atoms with van der Waals surface area (Å²) in [6.45, 7) is 1.67. The third-order valence-electron chi connectivity index (χ3n) is 21.0. The zero-order chi connectivity index (χ0) is 105. The molecule has 0 bridgehead atoms. The number of amides is 19. The maximum Gasteiger partial charge on any atom is 0.326 e. The van der Waals surface area contributed by atoms with Gasteiger partial charge in [0.1, 0.15) is 96.7 Å². The fraction of sp³-hybridized carbons (Fsp3) is 0.614. The van der Waals surface area contributed by atoms with E-state index in [0.29, 0.717) is 11.3 Å². The standard InChI is InChI=1S/C83H134N28O28S/c1-40(2)27-52(69(126)94-33-61(118)99-49(20-21-63(120)121)72(129)110-64(41(3)4)79(136)101-48(17-12-23-90-82(85)86)71(128)105-53(29-46-30-89-39-95-46)70(127)93-31-60(117)96-43(6)66(123)103-51(81(138)139)22-26-140-8)104-75(132)57(37-115)108-74(131)54(34-112)100-62(119)32-92-65(122)42(5)98-78(135)59-19-14-25-111(59)80(137)50(18-13-24-91-83(87)88)102-67(124)44(7)97-73(130)55(35-113)107-77(134)58(38-116)109-76(133)56(36-114)106-68(125)47(84)28-45-15-10-9-11-16-45/h9-11,15-16,30,39-44,47-59,64,112-116H,12-14,17-29,31-38,84H2,1-8H3,(H,89,95)(H,92,122)(H,93,127)(H,94,126)(H,96,117)(H,97,130)(H,98,135)(H,99,118)(H,100,119)(H,101,136)(H,102,124)(H,103,123)(H,104,132)(H,105,128)(H,106,125)(H,107,134)(H,108,131)(H,109,133)(H,110,129)(H,120,121)(H,138,139)(H4,85,86,90)(H4,87,88,91)/t42-,43-,44-,47-,48-,49-,50-,51-,52-,53-,54-,55-,56-,57-,58-,59-,64-/m0/s1. The number of rotatable bonds is 64. The number of likely N-dealkylation sites (tertiary alicyclic amines) is 1. The molecule has 1 fully saturated rings. The van der Waals surface area contributed by atoms with Crippen molar-refractivity contribution < 1.29 is 136 Å². The van der Waals surface area contributed by atoms with Gasteiger partial charge in [-0.05, 0) is 114 Å². The zero-order valence-corrected chi connectivity index (χ0v) is 79.5. The highest BCUT2D eigenvalue weighted by molar-refractivity contribution is 7.98. The van der Waals surface area contributed by atoms with E-state index in [1.165, 1.54) is 58.9 Å². The zero-order valence-electron chi connectivity index (χ0n) is 78.7. The Morgan fingerprint density at radius 3 is 1.34 bits per heavy atom. The fourth-order valence-corrected chi connectivity index (χ4v) is 13.8. The topological polar surface area (TPSA) is 898 Å². The van der Waals surface area contributed by atoms with Gasteiger partial charge in [0.2, 0.25) is 112 Å². The second-order valence-corrected chi connectivity index (χ2v) is 34.2. The van der Waals surface area contributed by atoms with Crippen LogP contribution in [-0.2, 0) is 114 Å². The lowest BCUT2D eigenvalue weighted by Crippen LogP contribution is -2.61. The molecule has 57 heteroatoms. The Bertz CT molecular complexity index is 4560. The molecule has 1 aliphatic heterocycles. The van der Waals surface area contributed by atoms with Crippen LogP contribution in [0.1, 0.15) is 124 Å². The summed E-state index contributed by atoms with van der Waals surface area (Å²) in [6, 6.07) is -17.9. The molecule has 19 amide bonds. The van der Waals surface area contributed by atoms with Crippen molar-refractivity contribution in [2.75, 3.05) is 84.3 Å². The highest BCUT2D eigenvalue weighted by Crippen LogP contribution is 2.21. The van der Waals surface area contributed by atoms with Gasteiger partial charge < -0.3 is 169 Å². The lowest BCUT2D eigenvalue weighted by molar-refractivity contribution is -0.142. The highest BCUT2D eigenvalue weighted by Gasteiger charge is 2.42. The number of carbonyl (C=O) groups is 21. The minimum absolute atomic E-state index is 0.00773. The van der Waals surface area contributed by atoms with Gasteiger partial charge in [0.25, 0.3) is 0 Å². The van der Waals surface area contributed by atoms with Crippen LogP contribution in [0.15, 0.2) is 42.9 Å². The molecule has 36 N–H and O–H groups in total. The molecule has 2 heterocycles. The number of carboxylic acid groups (broad SMARTS) is 2. The van der Waals surface area contributed by atoms with Gasteiger partial charge in [0.05, 0.1) is 70.7 Å². The van der Waals surface area contributed by atoms with Crippen molar-refractivity contribution in [3.63, 3.8) is 0 Å². The van der Waals surface area contributed by atoms with Crippen LogP contribution in [-0.4, -0.2) is 374 Å². The van der Waals surface area contributed by atoms with Crippen LogP contribution >= 0.6 is 11.8 Å². The molecule has 2 aromatic rings. The first-order valence-corrected chi connectivity index (χ1v) is 46.1. The normalized spacial score (nSPS) is 15.5. The maximum atomic E-state index is 14.4. The number of benzene rings is 1. The summed E-state index contributed by atoms with van der Waals surface area (Å²) in [6.07, 6.45) is 2.69. The van der Waals surface area contributed by atoms with Gasteiger partial charge in [-0.3, -0.25) is 107 Å². The molecule has 1 aromatic heterocycles. The molecular weight excluding hydrogens is 1870 g/mol. The van der Waals surface area contributed by atoms with E-state index in [1.54, 1.807) is 50.4 Å². The predicted molar refractivity (Wildman–Crippen MR) is 496 cm³/mol. The van der Waals surface area contributed by atoms with Crippen molar-refractivity contribution >= 4 is 148 Å². The van der Waals surface area contributed by atoms with E-state index in [2.05, 4.69) is 116 Å². The largest absolute Gasteiger partial charge is 0.481 e.